The quantitative estimate of drug-likeness (QED) is 0.186. The number of nitrogens with one attached hydrogen (secondary N) is 1. The van der Waals surface area contributed by atoms with Gasteiger partial charge in [0.05, 0.1) is 18.0 Å². The van der Waals surface area contributed by atoms with Gasteiger partial charge in [0, 0.05) is 33.7 Å². The SMILES string of the molecule is COC(=O)c1ccccc1-c1c2ccc(=N)cc-2oc2c1ccc1cccc(N)c12. The zero-order chi connectivity index (χ0) is 20.8. The van der Waals surface area contributed by atoms with Crippen molar-refractivity contribution in [2.75, 3.05) is 12.8 Å². The van der Waals surface area contributed by atoms with Crippen LogP contribution in [0.2, 0.25) is 0 Å². The molecule has 0 saturated carbocycles. The molecule has 5 heteroatoms. The number of rotatable bonds is 2. The number of fused-ring (bicyclic) bond motifs is 4. The number of esters is 1. The van der Waals surface area contributed by atoms with E-state index in [4.69, 9.17) is 20.3 Å². The Balaban J connectivity index is 2.03. The molecule has 0 spiro atoms. The highest BCUT2D eigenvalue weighted by Crippen LogP contribution is 2.44. The standard InChI is InChI=1S/C25H18N2O3/c1-29-25(28)17-7-3-2-6-16(17)23-18-12-10-15(26)13-21(18)30-24-19(23)11-9-14-5-4-8-20(27)22(14)24/h2-13,26H,27H2,1H3. The first-order valence-electron chi connectivity index (χ1n) is 9.48. The zero-order valence-electron chi connectivity index (χ0n) is 16.2. The minimum Gasteiger partial charge on any atom is -0.465 e. The van der Waals surface area contributed by atoms with Crippen LogP contribution in [0.3, 0.4) is 0 Å². The molecule has 0 radical (unpaired) electrons. The first-order valence-corrected chi connectivity index (χ1v) is 9.48. The normalized spacial score (nSPS) is 11.2. The summed E-state index contributed by atoms with van der Waals surface area (Å²) in [6.07, 6.45) is 0. The van der Waals surface area contributed by atoms with Crippen LogP contribution in [0.1, 0.15) is 10.4 Å². The van der Waals surface area contributed by atoms with Crippen LogP contribution in [0.25, 0.3) is 44.2 Å². The van der Waals surface area contributed by atoms with Gasteiger partial charge >= 0.3 is 5.97 Å². The van der Waals surface area contributed by atoms with Crippen LogP contribution in [-0.2, 0) is 4.74 Å². The van der Waals surface area contributed by atoms with Crippen molar-refractivity contribution in [2.45, 2.75) is 0 Å². The summed E-state index contributed by atoms with van der Waals surface area (Å²) in [4.78, 5) is 12.5. The van der Waals surface area contributed by atoms with Crippen LogP contribution in [0.5, 0.6) is 0 Å². The number of hydrogen-bond donors (Lipinski definition) is 2. The molecule has 1 aliphatic carbocycles. The van der Waals surface area contributed by atoms with Crippen LogP contribution in [0, 0.1) is 5.41 Å². The van der Waals surface area contributed by atoms with Crippen LogP contribution in [0.4, 0.5) is 5.69 Å². The number of nitrogens with two attached hydrogens (primary N) is 1. The highest BCUT2D eigenvalue weighted by molar-refractivity contribution is 6.17. The average molecular weight is 394 g/mol. The lowest BCUT2D eigenvalue weighted by molar-refractivity contribution is 0.0601. The Hall–Kier alpha value is -4.12. The van der Waals surface area contributed by atoms with Crippen molar-refractivity contribution < 1.29 is 13.9 Å². The topological polar surface area (TPSA) is 89.3 Å². The lowest BCUT2D eigenvalue weighted by Crippen LogP contribution is -2.05. The van der Waals surface area contributed by atoms with E-state index >= 15 is 0 Å². The van der Waals surface area contributed by atoms with Crippen molar-refractivity contribution >= 4 is 33.4 Å². The van der Waals surface area contributed by atoms with E-state index in [2.05, 4.69) is 0 Å². The Morgan fingerprint density at radius 2 is 1.80 bits per heavy atom. The molecule has 0 amide bonds. The minimum absolute atomic E-state index is 0.339. The third-order valence-corrected chi connectivity index (χ3v) is 5.36. The van der Waals surface area contributed by atoms with Gasteiger partial charge in [-0.05, 0) is 41.3 Å². The summed E-state index contributed by atoms with van der Waals surface area (Å²) in [6, 6.07) is 22.3. The summed E-state index contributed by atoms with van der Waals surface area (Å²) in [7, 11) is 1.37. The molecule has 0 aromatic heterocycles. The van der Waals surface area contributed by atoms with Gasteiger partial charge < -0.3 is 20.3 Å². The summed E-state index contributed by atoms with van der Waals surface area (Å²) in [5, 5.41) is 11.0. The van der Waals surface area contributed by atoms with Gasteiger partial charge in [-0.1, -0.05) is 36.4 Å². The fourth-order valence-electron chi connectivity index (χ4n) is 4.02. The van der Waals surface area contributed by atoms with Gasteiger partial charge in [0.2, 0.25) is 0 Å². The lowest BCUT2D eigenvalue weighted by atomic mass is 9.89. The minimum atomic E-state index is -0.412. The van der Waals surface area contributed by atoms with E-state index in [0.29, 0.717) is 28.0 Å². The Bertz CT molecular complexity index is 1480. The summed E-state index contributed by atoms with van der Waals surface area (Å²) in [6.45, 7) is 0. The molecule has 3 aromatic rings. The average Bonchev–Trinajstić information content (AvgIpc) is 2.76. The summed E-state index contributed by atoms with van der Waals surface area (Å²) in [5.74, 6) is 0.144. The van der Waals surface area contributed by atoms with E-state index in [0.717, 1.165) is 32.8 Å². The van der Waals surface area contributed by atoms with E-state index in [-0.39, 0.29) is 0 Å². The highest BCUT2D eigenvalue weighted by Gasteiger charge is 2.22. The van der Waals surface area contributed by atoms with Crippen molar-refractivity contribution in [3.8, 4) is 22.5 Å². The van der Waals surface area contributed by atoms with Crippen LogP contribution >= 0.6 is 0 Å². The summed E-state index contributed by atoms with van der Waals surface area (Å²) >= 11 is 0. The highest BCUT2D eigenvalue weighted by atomic mass is 16.5. The smallest absolute Gasteiger partial charge is 0.338 e. The monoisotopic (exact) mass is 394 g/mol. The predicted molar refractivity (Wildman–Crippen MR) is 117 cm³/mol. The first-order chi connectivity index (χ1) is 14.6. The van der Waals surface area contributed by atoms with Crippen LogP contribution in [0.15, 0.2) is 77.2 Å². The molecule has 0 fully saturated rings. The van der Waals surface area contributed by atoms with E-state index in [1.807, 2.05) is 54.6 Å². The Kier molecular flexibility index (Phi) is 4.03. The maximum Gasteiger partial charge on any atom is 0.338 e. The molecule has 0 saturated heterocycles. The maximum atomic E-state index is 12.5. The molecule has 1 aliphatic heterocycles. The number of ether oxygens (including phenoxy) is 1. The Labute approximate surface area is 172 Å². The molecule has 5 nitrogen and oxygen atoms in total. The third-order valence-electron chi connectivity index (χ3n) is 5.36. The second kappa shape index (κ2) is 6.74. The molecule has 2 aliphatic rings. The van der Waals surface area contributed by atoms with E-state index in [9.17, 15) is 4.79 Å². The zero-order valence-corrected chi connectivity index (χ0v) is 16.2. The summed E-state index contributed by atoms with van der Waals surface area (Å²) < 4.78 is 11.3. The summed E-state index contributed by atoms with van der Waals surface area (Å²) in [5.41, 5.74) is 10.4. The van der Waals surface area contributed by atoms with E-state index in [1.54, 1.807) is 18.2 Å². The molecule has 3 N–H and O–H groups in total. The van der Waals surface area contributed by atoms with Crippen molar-refractivity contribution in [1.29, 1.82) is 5.41 Å². The van der Waals surface area contributed by atoms with E-state index < -0.39 is 5.97 Å². The van der Waals surface area contributed by atoms with Crippen molar-refractivity contribution in [2.24, 2.45) is 0 Å². The molecule has 146 valence electrons. The van der Waals surface area contributed by atoms with Gasteiger partial charge in [-0.3, -0.25) is 0 Å². The molecular weight excluding hydrogens is 376 g/mol. The second-order valence-electron chi connectivity index (χ2n) is 7.11. The Morgan fingerprint density at radius 3 is 2.63 bits per heavy atom. The lowest BCUT2D eigenvalue weighted by Gasteiger charge is -2.18. The number of methoxy groups -OCH3 is 1. The fraction of sp³-hybridized carbons (Fsp3) is 0.0400. The van der Waals surface area contributed by atoms with Gasteiger partial charge in [0.25, 0.3) is 0 Å². The van der Waals surface area contributed by atoms with Crippen LogP contribution < -0.4 is 11.1 Å². The molecule has 0 unspecified atom stereocenters. The van der Waals surface area contributed by atoms with Gasteiger partial charge in [-0.15, -0.1) is 0 Å². The van der Waals surface area contributed by atoms with Gasteiger partial charge in [-0.25, -0.2) is 4.79 Å². The molecule has 1 heterocycles. The largest absolute Gasteiger partial charge is 0.465 e. The maximum absolute atomic E-state index is 12.5. The molecule has 5 rings (SSSR count). The van der Waals surface area contributed by atoms with Gasteiger partial charge in [0.15, 0.2) is 0 Å². The first kappa shape index (κ1) is 17.9. The number of benzene rings is 4. The van der Waals surface area contributed by atoms with E-state index in [1.165, 1.54) is 7.11 Å². The van der Waals surface area contributed by atoms with Gasteiger partial charge in [-0.2, -0.15) is 0 Å². The Morgan fingerprint density at radius 1 is 0.967 bits per heavy atom. The van der Waals surface area contributed by atoms with Crippen molar-refractivity contribution in [3.05, 3.63) is 83.7 Å². The number of anilines is 1. The third kappa shape index (κ3) is 2.63. The number of carbonyl (C=O) groups is 1. The van der Waals surface area contributed by atoms with Gasteiger partial charge in [0.1, 0.15) is 11.3 Å². The molecular formula is C25H18N2O3. The second-order valence-corrected chi connectivity index (χ2v) is 7.11. The predicted octanol–water partition coefficient (Wildman–Crippen LogP) is 5.21. The number of nitrogen functional groups attached to an aromatic ring is 1. The molecule has 30 heavy (non-hydrogen) atoms. The van der Waals surface area contributed by atoms with Crippen LogP contribution in [-0.4, -0.2) is 13.1 Å². The molecule has 0 atom stereocenters. The van der Waals surface area contributed by atoms with Crippen molar-refractivity contribution in [1.82, 2.24) is 0 Å². The molecule has 0 bridgehead atoms. The van der Waals surface area contributed by atoms with Crippen molar-refractivity contribution in [3.63, 3.8) is 0 Å². The molecule has 3 aromatic carbocycles. The number of carbonyl (C=O) groups excluding carboxylic acids is 1. The fourth-order valence-corrected chi connectivity index (χ4v) is 4.02. The number of hydrogen-bond acceptors (Lipinski definition) is 5.